The number of hydrogen-bond donors (Lipinski definition) is 0. The fraction of sp³-hybridized carbons (Fsp3) is 0.125. The molecular weight excluding hydrogens is 372 g/mol. The lowest BCUT2D eigenvalue weighted by molar-refractivity contribution is 0.266. The zero-order chi connectivity index (χ0) is 20.6. The molecule has 0 bridgehead atoms. The third-order valence-corrected chi connectivity index (χ3v) is 4.20. The van der Waals surface area contributed by atoms with Crippen LogP contribution in [-0.4, -0.2) is 6.61 Å². The first kappa shape index (κ1) is 20.1. The number of nitrogens with zero attached hydrogens (tertiary/aromatic N) is 1. The second-order valence-corrected chi connectivity index (χ2v) is 6.17. The number of allylic oxidation sites excluding steroid dienone is 1. The van der Waals surface area contributed by atoms with E-state index in [-0.39, 0.29) is 23.6 Å². The summed E-state index contributed by atoms with van der Waals surface area (Å²) in [4.78, 5) is 0. The van der Waals surface area contributed by atoms with Crippen LogP contribution in [0.5, 0.6) is 11.5 Å². The summed E-state index contributed by atoms with van der Waals surface area (Å²) in [6.45, 7) is 2.30. The lowest BCUT2D eigenvalue weighted by atomic mass is 10.0. The highest BCUT2D eigenvalue weighted by molar-refractivity contribution is 5.90. The molecule has 29 heavy (non-hydrogen) atoms. The Labute approximate surface area is 168 Å². The Bertz CT molecular complexity index is 1070. The first-order valence-corrected chi connectivity index (χ1v) is 9.12. The van der Waals surface area contributed by atoms with E-state index in [1.807, 2.05) is 13.0 Å². The van der Waals surface area contributed by atoms with Gasteiger partial charge in [0.2, 0.25) is 0 Å². The van der Waals surface area contributed by atoms with Crippen LogP contribution in [0.3, 0.4) is 0 Å². The largest absolute Gasteiger partial charge is 0.490 e. The maximum absolute atomic E-state index is 14.0. The summed E-state index contributed by atoms with van der Waals surface area (Å²) in [5.41, 5.74) is 1.52. The van der Waals surface area contributed by atoms with Gasteiger partial charge in [0.15, 0.2) is 11.5 Å². The molecule has 0 amide bonds. The van der Waals surface area contributed by atoms with Crippen LogP contribution in [0.2, 0.25) is 0 Å². The molecular formula is C24H19F2NO2. The lowest BCUT2D eigenvalue weighted by Gasteiger charge is -2.13. The molecule has 0 unspecified atom stereocenters. The Kier molecular flexibility index (Phi) is 6.59. The van der Waals surface area contributed by atoms with E-state index in [1.54, 1.807) is 60.7 Å². The summed E-state index contributed by atoms with van der Waals surface area (Å²) >= 11 is 0. The molecule has 0 fully saturated rings. The summed E-state index contributed by atoms with van der Waals surface area (Å²) < 4.78 is 39.2. The van der Waals surface area contributed by atoms with Gasteiger partial charge >= 0.3 is 0 Å². The van der Waals surface area contributed by atoms with Gasteiger partial charge in [-0.25, -0.2) is 8.78 Å². The van der Waals surface area contributed by atoms with Crippen LogP contribution in [0.1, 0.15) is 23.6 Å². The van der Waals surface area contributed by atoms with Gasteiger partial charge in [-0.15, -0.1) is 0 Å². The Morgan fingerprint density at radius 1 is 0.931 bits per heavy atom. The Hall–Kier alpha value is -3.65. The van der Waals surface area contributed by atoms with Crippen molar-refractivity contribution in [3.05, 3.63) is 95.1 Å². The molecule has 0 aliphatic heterocycles. The number of hydrogen-bond acceptors (Lipinski definition) is 3. The van der Waals surface area contributed by atoms with Crippen LogP contribution in [0, 0.1) is 23.0 Å². The van der Waals surface area contributed by atoms with Crippen molar-refractivity contribution in [1.82, 2.24) is 0 Å². The summed E-state index contributed by atoms with van der Waals surface area (Å²) in [6.07, 6.45) is 1.58. The average Bonchev–Trinajstić information content (AvgIpc) is 2.73. The van der Waals surface area contributed by atoms with Gasteiger partial charge < -0.3 is 9.47 Å². The van der Waals surface area contributed by atoms with Crippen molar-refractivity contribution in [1.29, 1.82) is 5.26 Å². The highest BCUT2D eigenvalue weighted by Gasteiger charge is 2.11. The quantitative estimate of drug-likeness (QED) is 0.366. The monoisotopic (exact) mass is 391 g/mol. The SMILES string of the molecule is CCOc1cc(/C=C(/C#N)c2ccccc2F)ccc1OCc1ccccc1F. The molecule has 0 aromatic heterocycles. The average molecular weight is 391 g/mol. The minimum atomic E-state index is -0.463. The van der Waals surface area contributed by atoms with Crippen LogP contribution in [-0.2, 0) is 6.61 Å². The highest BCUT2D eigenvalue weighted by Crippen LogP contribution is 2.31. The molecule has 0 aliphatic rings. The van der Waals surface area contributed by atoms with E-state index < -0.39 is 5.82 Å². The first-order chi connectivity index (χ1) is 14.1. The van der Waals surface area contributed by atoms with Crippen LogP contribution in [0.15, 0.2) is 66.7 Å². The third-order valence-electron chi connectivity index (χ3n) is 4.20. The van der Waals surface area contributed by atoms with Gasteiger partial charge in [0.05, 0.1) is 18.2 Å². The molecule has 3 aromatic rings. The molecule has 0 heterocycles. The highest BCUT2D eigenvalue weighted by atomic mass is 19.1. The molecule has 3 aromatic carbocycles. The predicted octanol–water partition coefficient (Wildman–Crippen LogP) is 6.01. The van der Waals surface area contributed by atoms with Crippen molar-refractivity contribution < 1.29 is 18.3 Å². The molecule has 0 atom stereocenters. The molecule has 0 aliphatic carbocycles. The number of ether oxygens (including phenoxy) is 2. The van der Waals surface area contributed by atoms with Gasteiger partial charge in [0.1, 0.15) is 18.2 Å². The zero-order valence-corrected chi connectivity index (χ0v) is 15.9. The van der Waals surface area contributed by atoms with Crippen molar-refractivity contribution in [3.63, 3.8) is 0 Å². The summed E-state index contributed by atoms with van der Waals surface area (Å²) in [5.74, 6) is 0.115. The number of nitriles is 1. The fourth-order valence-corrected chi connectivity index (χ4v) is 2.79. The normalized spacial score (nSPS) is 11.0. The van der Waals surface area contributed by atoms with E-state index in [0.717, 1.165) is 0 Å². The maximum atomic E-state index is 14.0. The Balaban J connectivity index is 1.88. The number of halogens is 2. The van der Waals surface area contributed by atoms with Gasteiger partial charge in [-0.1, -0.05) is 42.5 Å². The van der Waals surface area contributed by atoms with Gasteiger partial charge in [-0.05, 0) is 42.8 Å². The van der Waals surface area contributed by atoms with Crippen molar-refractivity contribution in [2.75, 3.05) is 6.61 Å². The summed E-state index contributed by atoms with van der Waals surface area (Å²) in [5, 5.41) is 9.45. The lowest BCUT2D eigenvalue weighted by Crippen LogP contribution is -2.01. The van der Waals surface area contributed by atoms with Crippen molar-refractivity contribution in [2.45, 2.75) is 13.5 Å². The van der Waals surface area contributed by atoms with E-state index in [0.29, 0.717) is 29.2 Å². The van der Waals surface area contributed by atoms with Gasteiger partial charge in [0.25, 0.3) is 0 Å². The minimum Gasteiger partial charge on any atom is -0.490 e. The van der Waals surface area contributed by atoms with Crippen molar-refractivity contribution in [2.24, 2.45) is 0 Å². The predicted molar refractivity (Wildman–Crippen MR) is 108 cm³/mol. The maximum Gasteiger partial charge on any atom is 0.161 e. The topological polar surface area (TPSA) is 42.2 Å². The van der Waals surface area contributed by atoms with E-state index in [2.05, 4.69) is 0 Å². The molecule has 3 nitrogen and oxygen atoms in total. The molecule has 0 spiro atoms. The fourth-order valence-electron chi connectivity index (χ4n) is 2.79. The molecule has 5 heteroatoms. The van der Waals surface area contributed by atoms with Crippen molar-refractivity contribution in [3.8, 4) is 17.6 Å². The van der Waals surface area contributed by atoms with Gasteiger partial charge in [-0.2, -0.15) is 5.26 Å². The first-order valence-electron chi connectivity index (χ1n) is 9.12. The van der Waals surface area contributed by atoms with E-state index in [9.17, 15) is 14.0 Å². The van der Waals surface area contributed by atoms with E-state index in [1.165, 1.54) is 12.1 Å². The van der Waals surface area contributed by atoms with E-state index >= 15 is 0 Å². The van der Waals surface area contributed by atoms with Crippen LogP contribution in [0.25, 0.3) is 11.6 Å². The minimum absolute atomic E-state index is 0.0562. The molecule has 0 N–H and O–H groups in total. The van der Waals surface area contributed by atoms with Crippen LogP contribution in [0.4, 0.5) is 8.78 Å². The Morgan fingerprint density at radius 2 is 1.66 bits per heavy atom. The smallest absolute Gasteiger partial charge is 0.161 e. The molecule has 0 saturated carbocycles. The van der Waals surface area contributed by atoms with Gasteiger partial charge in [0, 0.05) is 11.1 Å². The zero-order valence-electron chi connectivity index (χ0n) is 15.9. The van der Waals surface area contributed by atoms with Crippen LogP contribution >= 0.6 is 0 Å². The Morgan fingerprint density at radius 3 is 2.34 bits per heavy atom. The molecule has 3 rings (SSSR count). The molecule has 146 valence electrons. The molecule has 0 radical (unpaired) electrons. The summed E-state index contributed by atoms with van der Waals surface area (Å²) in [6, 6.07) is 19.7. The van der Waals surface area contributed by atoms with Crippen LogP contribution < -0.4 is 9.47 Å². The number of benzene rings is 3. The second-order valence-electron chi connectivity index (χ2n) is 6.17. The third kappa shape index (κ3) is 4.99. The molecule has 0 saturated heterocycles. The second kappa shape index (κ2) is 9.52. The number of rotatable bonds is 7. The standard InChI is InChI=1S/C24H19F2NO2/c1-2-28-24-14-17(13-19(15-27)20-8-4-6-10-22(20)26)11-12-23(24)29-16-18-7-3-5-9-21(18)25/h3-14H,2,16H2,1H3/b19-13-. The van der Waals surface area contributed by atoms with Gasteiger partial charge in [-0.3, -0.25) is 0 Å². The van der Waals surface area contributed by atoms with E-state index in [4.69, 9.17) is 9.47 Å². The van der Waals surface area contributed by atoms with Crippen molar-refractivity contribution >= 4 is 11.6 Å². The summed E-state index contributed by atoms with van der Waals surface area (Å²) in [7, 11) is 0.